The summed E-state index contributed by atoms with van der Waals surface area (Å²) in [7, 11) is 0. The summed E-state index contributed by atoms with van der Waals surface area (Å²) >= 11 is 0. The standard InChI is InChI=1S/C20H23N3O5/c1-20(2,3)28-12-17-18(24)21-9-10-22(17)19(25)16-6-4-5-13-11-14(23(26)27)7-8-15(13)16/h4-8,11,17H,9-10,12H2,1-3H3,(H,21,24)/t17-/m0/s1. The Morgan fingerprint density at radius 2 is 2.07 bits per heavy atom. The van der Waals surface area contributed by atoms with Crippen molar-refractivity contribution in [2.75, 3.05) is 19.7 Å². The second-order valence-electron chi connectivity index (χ2n) is 7.70. The third kappa shape index (κ3) is 4.12. The number of nitrogens with one attached hydrogen (secondary N) is 1. The van der Waals surface area contributed by atoms with Crippen LogP contribution in [0.4, 0.5) is 5.69 Å². The van der Waals surface area contributed by atoms with Gasteiger partial charge in [-0.25, -0.2) is 0 Å². The number of hydrogen-bond donors (Lipinski definition) is 1. The third-order valence-electron chi connectivity index (χ3n) is 4.57. The predicted molar refractivity (Wildman–Crippen MR) is 104 cm³/mol. The van der Waals surface area contributed by atoms with Gasteiger partial charge in [0.1, 0.15) is 6.04 Å². The third-order valence-corrected chi connectivity index (χ3v) is 4.57. The molecule has 2 amide bonds. The van der Waals surface area contributed by atoms with Crippen molar-refractivity contribution in [2.45, 2.75) is 32.4 Å². The highest BCUT2D eigenvalue weighted by atomic mass is 16.6. The molecule has 1 atom stereocenters. The molecule has 1 N–H and O–H groups in total. The Balaban J connectivity index is 1.94. The van der Waals surface area contributed by atoms with E-state index < -0.39 is 16.6 Å². The average molecular weight is 385 g/mol. The molecule has 0 spiro atoms. The number of rotatable bonds is 4. The average Bonchev–Trinajstić information content (AvgIpc) is 2.64. The van der Waals surface area contributed by atoms with Crippen molar-refractivity contribution in [3.05, 3.63) is 52.1 Å². The van der Waals surface area contributed by atoms with E-state index in [9.17, 15) is 19.7 Å². The lowest BCUT2D eigenvalue weighted by Gasteiger charge is -2.36. The molecule has 0 bridgehead atoms. The number of nitro groups is 1. The van der Waals surface area contributed by atoms with Gasteiger partial charge in [0.05, 0.1) is 17.1 Å². The highest BCUT2D eigenvalue weighted by molar-refractivity contribution is 6.08. The van der Waals surface area contributed by atoms with Gasteiger partial charge in [0, 0.05) is 30.8 Å². The number of non-ortho nitro benzene ring substituents is 1. The van der Waals surface area contributed by atoms with Crippen LogP contribution in [0.1, 0.15) is 31.1 Å². The first-order valence-electron chi connectivity index (χ1n) is 9.07. The van der Waals surface area contributed by atoms with Crippen LogP contribution in [0.15, 0.2) is 36.4 Å². The number of nitro benzene ring substituents is 1. The minimum absolute atomic E-state index is 0.0362. The molecule has 0 aromatic heterocycles. The Hall–Kier alpha value is -3.00. The molecule has 1 fully saturated rings. The Morgan fingerprint density at radius 1 is 1.32 bits per heavy atom. The van der Waals surface area contributed by atoms with Crippen LogP contribution < -0.4 is 5.32 Å². The van der Waals surface area contributed by atoms with Crippen LogP contribution in [-0.4, -0.2) is 53.0 Å². The second kappa shape index (κ2) is 7.55. The summed E-state index contributed by atoms with van der Waals surface area (Å²) in [5.41, 5.74) is -0.0704. The fourth-order valence-corrected chi connectivity index (χ4v) is 3.18. The molecular weight excluding hydrogens is 362 g/mol. The van der Waals surface area contributed by atoms with E-state index in [1.54, 1.807) is 24.3 Å². The van der Waals surface area contributed by atoms with E-state index in [0.717, 1.165) is 0 Å². The first-order chi connectivity index (χ1) is 13.2. The number of carbonyl (C=O) groups is 2. The first kappa shape index (κ1) is 19.8. The van der Waals surface area contributed by atoms with Gasteiger partial charge in [-0.3, -0.25) is 19.7 Å². The van der Waals surface area contributed by atoms with Crippen molar-refractivity contribution >= 4 is 28.3 Å². The van der Waals surface area contributed by atoms with Crippen LogP contribution in [0.5, 0.6) is 0 Å². The summed E-state index contributed by atoms with van der Waals surface area (Å²) in [5, 5.41) is 15.0. The monoisotopic (exact) mass is 385 g/mol. The normalized spacial score (nSPS) is 17.5. The summed E-state index contributed by atoms with van der Waals surface area (Å²) in [4.78, 5) is 37.7. The SMILES string of the molecule is CC(C)(C)OC[C@H]1C(=O)NCCN1C(=O)c1cccc2cc([N+](=O)[O-])ccc12. The highest BCUT2D eigenvalue weighted by Gasteiger charge is 2.35. The maximum absolute atomic E-state index is 13.3. The fourth-order valence-electron chi connectivity index (χ4n) is 3.18. The lowest BCUT2D eigenvalue weighted by Crippen LogP contribution is -2.59. The topological polar surface area (TPSA) is 102 Å². The number of piperazine rings is 1. The summed E-state index contributed by atoms with van der Waals surface area (Å²) in [6.07, 6.45) is 0. The van der Waals surface area contributed by atoms with Crippen LogP contribution in [0.2, 0.25) is 0 Å². The minimum Gasteiger partial charge on any atom is -0.373 e. The Labute approximate surface area is 162 Å². The van der Waals surface area contributed by atoms with Crippen LogP contribution in [0.25, 0.3) is 10.8 Å². The second-order valence-corrected chi connectivity index (χ2v) is 7.70. The molecule has 0 aliphatic carbocycles. The van der Waals surface area contributed by atoms with Crippen molar-refractivity contribution < 1.29 is 19.2 Å². The molecule has 3 rings (SSSR count). The molecule has 8 nitrogen and oxygen atoms in total. The maximum atomic E-state index is 13.3. The van der Waals surface area contributed by atoms with Crippen molar-refractivity contribution in [3.63, 3.8) is 0 Å². The zero-order valence-electron chi connectivity index (χ0n) is 16.1. The van der Waals surface area contributed by atoms with Crippen LogP contribution in [-0.2, 0) is 9.53 Å². The summed E-state index contributed by atoms with van der Waals surface area (Å²) < 4.78 is 5.76. The Bertz CT molecular complexity index is 935. The smallest absolute Gasteiger partial charge is 0.270 e. The number of nitrogens with zero attached hydrogens (tertiary/aromatic N) is 2. The van der Waals surface area contributed by atoms with Crippen molar-refractivity contribution in [2.24, 2.45) is 0 Å². The maximum Gasteiger partial charge on any atom is 0.270 e. The molecule has 1 aliphatic rings. The number of fused-ring (bicyclic) bond motifs is 1. The molecular formula is C20H23N3O5. The summed E-state index contributed by atoms with van der Waals surface area (Å²) in [6.45, 7) is 6.49. The van der Waals surface area contributed by atoms with Gasteiger partial charge in [0.2, 0.25) is 5.91 Å². The van der Waals surface area contributed by atoms with Crippen LogP contribution in [0.3, 0.4) is 0 Å². The van der Waals surface area contributed by atoms with E-state index in [1.165, 1.54) is 17.0 Å². The summed E-state index contributed by atoms with van der Waals surface area (Å²) in [6, 6.07) is 8.74. The van der Waals surface area contributed by atoms with E-state index in [1.807, 2.05) is 20.8 Å². The Morgan fingerprint density at radius 3 is 2.75 bits per heavy atom. The van der Waals surface area contributed by atoms with Gasteiger partial charge < -0.3 is 15.0 Å². The quantitative estimate of drug-likeness (QED) is 0.644. The van der Waals surface area contributed by atoms with Gasteiger partial charge in [0.25, 0.3) is 11.6 Å². The van der Waals surface area contributed by atoms with Crippen molar-refractivity contribution in [3.8, 4) is 0 Å². The van der Waals surface area contributed by atoms with E-state index in [0.29, 0.717) is 29.4 Å². The van der Waals surface area contributed by atoms with Crippen molar-refractivity contribution in [1.29, 1.82) is 0 Å². The molecule has 1 saturated heterocycles. The van der Waals surface area contributed by atoms with Crippen LogP contribution in [0, 0.1) is 10.1 Å². The molecule has 0 unspecified atom stereocenters. The zero-order valence-corrected chi connectivity index (χ0v) is 16.1. The molecule has 1 aliphatic heterocycles. The first-order valence-corrected chi connectivity index (χ1v) is 9.07. The number of amides is 2. The zero-order chi connectivity index (χ0) is 20.5. The lowest BCUT2D eigenvalue weighted by molar-refractivity contribution is -0.384. The van der Waals surface area contributed by atoms with E-state index in [2.05, 4.69) is 5.32 Å². The molecule has 1 heterocycles. The largest absolute Gasteiger partial charge is 0.373 e. The number of benzene rings is 2. The van der Waals surface area contributed by atoms with Crippen molar-refractivity contribution in [1.82, 2.24) is 10.2 Å². The van der Waals surface area contributed by atoms with Gasteiger partial charge in [-0.1, -0.05) is 12.1 Å². The lowest BCUT2D eigenvalue weighted by atomic mass is 10.0. The molecule has 2 aromatic rings. The van der Waals surface area contributed by atoms with E-state index in [-0.39, 0.29) is 24.1 Å². The minimum atomic E-state index is -0.728. The Kier molecular flexibility index (Phi) is 5.33. The molecule has 2 aromatic carbocycles. The predicted octanol–water partition coefficient (Wildman–Crippen LogP) is 2.50. The van der Waals surface area contributed by atoms with E-state index >= 15 is 0 Å². The highest BCUT2D eigenvalue weighted by Crippen LogP contribution is 2.26. The number of hydrogen-bond acceptors (Lipinski definition) is 5. The molecule has 148 valence electrons. The van der Waals surface area contributed by atoms with Gasteiger partial charge in [-0.15, -0.1) is 0 Å². The van der Waals surface area contributed by atoms with E-state index in [4.69, 9.17) is 4.74 Å². The molecule has 8 heteroatoms. The van der Waals surface area contributed by atoms with Gasteiger partial charge in [-0.2, -0.15) is 0 Å². The molecule has 28 heavy (non-hydrogen) atoms. The number of ether oxygens (including phenoxy) is 1. The molecule has 0 radical (unpaired) electrons. The summed E-state index contributed by atoms with van der Waals surface area (Å²) in [5.74, 6) is -0.545. The molecule has 0 saturated carbocycles. The van der Waals surface area contributed by atoms with Gasteiger partial charge >= 0.3 is 0 Å². The number of carbonyl (C=O) groups excluding carboxylic acids is 2. The fraction of sp³-hybridized carbons (Fsp3) is 0.400. The van der Waals surface area contributed by atoms with Gasteiger partial charge in [0.15, 0.2) is 0 Å². The van der Waals surface area contributed by atoms with Gasteiger partial charge in [-0.05, 0) is 43.7 Å². The van der Waals surface area contributed by atoms with Crippen LogP contribution >= 0.6 is 0 Å².